The van der Waals surface area contributed by atoms with Crippen molar-refractivity contribution in [2.45, 2.75) is 6.42 Å². The van der Waals surface area contributed by atoms with Gasteiger partial charge in [0.1, 0.15) is 10.7 Å². The normalized spacial score (nSPS) is 16.4. The summed E-state index contributed by atoms with van der Waals surface area (Å²) in [5.74, 6) is 5.17. The molecule has 0 saturated heterocycles. The Kier molecular flexibility index (Phi) is 5.75. The molecule has 0 aliphatic carbocycles. The summed E-state index contributed by atoms with van der Waals surface area (Å²) in [6.45, 7) is 0. The second kappa shape index (κ2) is 8.62. The molecule has 1 aliphatic heterocycles. The molecule has 1 aromatic heterocycles. The molecule has 0 amide bonds. The Morgan fingerprint density at radius 2 is 2.07 bits per heavy atom. The van der Waals surface area contributed by atoms with Crippen molar-refractivity contribution in [2.75, 3.05) is 4.72 Å². The zero-order chi connectivity index (χ0) is 21.1. The summed E-state index contributed by atoms with van der Waals surface area (Å²) in [6.07, 6.45) is 5.44. The van der Waals surface area contributed by atoms with Gasteiger partial charge in [-0.3, -0.25) is 9.78 Å². The van der Waals surface area contributed by atoms with Gasteiger partial charge in [-0.05, 0) is 53.6 Å². The third-order valence-corrected chi connectivity index (χ3v) is 5.78. The summed E-state index contributed by atoms with van der Waals surface area (Å²) in [7, 11) is -1.74. The number of Topliss-reactive ketones (excluding diaryl/α,β-unsaturated/α-hetero) is 1. The maximum absolute atomic E-state index is 13.4. The number of carbonyl (C=O) groups excluding carboxylic acids is 1. The lowest BCUT2D eigenvalue weighted by atomic mass is 10.0. The van der Waals surface area contributed by atoms with Crippen molar-refractivity contribution in [1.82, 2.24) is 4.98 Å². The minimum absolute atomic E-state index is 0.0608. The van der Waals surface area contributed by atoms with Crippen LogP contribution in [-0.4, -0.2) is 15.0 Å². The number of anilines is 1. The molecule has 0 spiro atoms. The first-order chi connectivity index (χ1) is 14.5. The standard InChI is InChI=1S/C23H14ClFN2O2S/c24-19-12-17(6-8-20(19)25)13-22-23(28)18-11-15(7-9-21(18)27-30(22)29)3-1-4-16-5-2-10-26-14-16/h2,5-14,27H,4H2/b22-13+. The zero-order valence-electron chi connectivity index (χ0n) is 15.5. The van der Waals surface area contributed by atoms with Crippen LogP contribution in [0.2, 0.25) is 5.02 Å². The van der Waals surface area contributed by atoms with Gasteiger partial charge in [-0.15, -0.1) is 0 Å². The Hall–Kier alpha value is -3.27. The van der Waals surface area contributed by atoms with Crippen molar-refractivity contribution in [3.63, 3.8) is 0 Å². The first-order valence-electron chi connectivity index (χ1n) is 8.93. The van der Waals surface area contributed by atoms with Gasteiger partial charge in [0, 0.05) is 29.9 Å². The van der Waals surface area contributed by atoms with Gasteiger partial charge in [-0.25, -0.2) is 8.60 Å². The van der Waals surface area contributed by atoms with Gasteiger partial charge in [-0.2, -0.15) is 0 Å². The molecule has 1 aliphatic rings. The fraction of sp³-hybridized carbons (Fsp3) is 0.0435. The molecule has 0 radical (unpaired) electrons. The topological polar surface area (TPSA) is 59.1 Å². The van der Waals surface area contributed by atoms with Crippen molar-refractivity contribution in [3.05, 3.63) is 98.9 Å². The van der Waals surface area contributed by atoms with Gasteiger partial charge in [-0.1, -0.05) is 35.6 Å². The number of nitrogens with one attached hydrogen (secondary N) is 1. The molecule has 1 atom stereocenters. The molecule has 2 heterocycles. The van der Waals surface area contributed by atoms with Crippen LogP contribution in [0.15, 0.2) is 65.8 Å². The highest BCUT2D eigenvalue weighted by molar-refractivity contribution is 7.91. The summed E-state index contributed by atoms with van der Waals surface area (Å²) in [4.78, 5) is 17.1. The van der Waals surface area contributed by atoms with E-state index >= 15 is 0 Å². The third-order valence-electron chi connectivity index (χ3n) is 4.38. The van der Waals surface area contributed by atoms with E-state index in [2.05, 4.69) is 21.5 Å². The predicted molar refractivity (Wildman–Crippen MR) is 117 cm³/mol. The number of hydrogen-bond donors (Lipinski definition) is 1. The molecule has 1 unspecified atom stereocenters. The number of nitrogens with zero attached hydrogens (tertiary/aromatic N) is 1. The lowest BCUT2D eigenvalue weighted by molar-refractivity contribution is 0.104. The average molecular weight is 437 g/mol. The van der Waals surface area contributed by atoms with Gasteiger partial charge in [0.15, 0.2) is 11.0 Å². The second-order valence-corrected chi connectivity index (χ2v) is 8.07. The molecule has 1 N–H and O–H groups in total. The van der Waals surface area contributed by atoms with Crippen LogP contribution in [0.4, 0.5) is 10.1 Å². The number of rotatable bonds is 2. The quantitative estimate of drug-likeness (QED) is 0.464. The summed E-state index contributed by atoms with van der Waals surface area (Å²) >= 11 is 5.80. The summed E-state index contributed by atoms with van der Waals surface area (Å²) in [5.41, 5.74) is 3.01. The lowest BCUT2D eigenvalue weighted by Crippen LogP contribution is -2.22. The number of hydrogen-bond acceptors (Lipinski definition) is 3. The second-order valence-electron chi connectivity index (χ2n) is 6.48. The molecule has 3 aromatic rings. The van der Waals surface area contributed by atoms with Gasteiger partial charge < -0.3 is 4.72 Å². The van der Waals surface area contributed by atoms with Crippen LogP contribution in [0.1, 0.15) is 27.0 Å². The van der Waals surface area contributed by atoms with E-state index in [1.54, 1.807) is 30.6 Å². The molecule has 2 aromatic carbocycles. The fourth-order valence-electron chi connectivity index (χ4n) is 2.89. The molecule has 148 valence electrons. The first kappa shape index (κ1) is 20.0. The third kappa shape index (κ3) is 4.33. The van der Waals surface area contributed by atoms with E-state index in [1.165, 1.54) is 24.3 Å². The van der Waals surface area contributed by atoms with E-state index in [-0.39, 0.29) is 15.7 Å². The summed E-state index contributed by atoms with van der Waals surface area (Å²) in [6, 6.07) is 13.0. The van der Waals surface area contributed by atoms with Crippen molar-refractivity contribution in [2.24, 2.45) is 0 Å². The lowest BCUT2D eigenvalue weighted by Gasteiger charge is -2.19. The van der Waals surface area contributed by atoms with Crippen molar-refractivity contribution in [3.8, 4) is 11.8 Å². The van der Waals surface area contributed by atoms with Gasteiger partial charge in [0.2, 0.25) is 5.78 Å². The minimum Gasteiger partial charge on any atom is -0.300 e. The van der Waals surface area contributed by atoms with Gasteiger partial charge in [0.05, 0.1) is 10.7 Å². The summed E-state index contributed by atoms with van der Waals surface area (Å²) < 4.78 is 28.7. The molecule has 4 nitrogen and oxygen atoms in total. The Balaban J connectivity index is 1.62. The number of benzene rings is 2. The predicted octanol–water partition coefficient (Wildman–Crippen LogP) is 4.78. The van der Waals surface area contributed by atoms with E-state index < -0.39 is 16.8 Å². The van der Waals surface area contributed by atoms with Crippen molar-refractivity contribution >= 4 is 40.1 Å². The maximum atomic E-state index is 13.4. The highest BCUT2D eigenvalue weighted by Gasteiger charge is 2.27. The Morgan fingerprint density at radius 3 is 2.83 bits per heavy atom. The van der Waals surface area contributed by atoms with Crippen LogP contribution in [0.5, 0.6) is 0 Å². The highest BCUT2D eigenvalue weighted by atomic mass is 35.5. The number of pyridine rings is 1. The van der Waals surface area contributed by atoms with Gasteiger partial charge in [0.25, 0.3) is 0 Å². The number of fused-ring (bicyclic) bond motifs is 1. The fourth-order valence-corrected chi connectivity index (χ4v) is 4.09. The van der Waals surface area contributed by atoms with Crippen LogP contribution in [0, 0.1) is 17.7 Å². The van der Waals surface area contributed by atoms with Crippen LogP contribution < -0.4 is 4.72 Å². The Bertz CT molecular complexity index is 1260. The van der Waals surface area contributed by atoms with Crippen LogP contribution in [0.25, 0.3) is 6.08 Å². The monoisotopic (exact) mass is 436 g/mol. The van der Waals surface area contributed by atoms with E-state index in [4.69, 9.17) is 11.6 Å². The smallest absolute Gasteiger partial charge is 0.205 e. The van der Waals surface area contributed by atoms with Crippen LogP contribution in [0.3, 0.4) is 0 Å². The molecule has 0 bridgehead atoms. The number of ketones is 1. The highest BCUT2D eigenvalue weighted by Crippen LogP contribution is 2.30. The molecule has 0 fully saturated rings. The van der Waals surface area contributed by atoms with Crippen LogP contribution in [-0.2, 0) is 17.4 Å². The van der Waals surface area contributed by atoms with Crippen LogP contribution >= 0.6 is 11.6 Å². The molecule has 0 saturated carbocycles. The maximum Gasteiger partial charge on any atom is 0.205 e. The van der Waals surface area contributed by atoms with E-state index in [0.717, 1.165) is 5.56 Å². The Labute approximate surface area is 180 Å². The van der Waals surface area contributed by atoms with E-state index in [0.29, 0.717) is 28.8 Å². The number of carbonyl (C=O) groups is 1. The number of aromatic nitrogens is 1. The number of halogens is 2. The SMILES string of the molecule is O=C1/C(=C\c2ccc(F)c(Cl)c2)S(=O)Nc2ccc(C#CCc3cccnc3)cc21. The van der Waals surface area contributed by atoms with E-state index in [9.17, 15) is 13.4 Å². The minimum atomic E-state index is -1.74. The molecule has 7 heteroatoms. The zero-order valence-corrected chi connectivity index (χ0v) is 17.1. The molecular weight excluding hydrogens is 423 g/mol. The average Bonchev–Trinajstić information content (AvgIpc) is 2.75. The largest absolute Gasteiger partial charge is 0.300 e. The van der Waals surface area contributed by atoms with Crippen molar-refractivity contribution < 1.29 is 13.4 Å². The first-order valence-corrected chi connectivity index (χ1v) is 10.5. The molecule has 4 rings (SSSR count). The Morgan fingerprint density at radius 1 is 1.20 bits per heavy atom. The van der Waals surface area contributed by atoms with E-state index in [1.807, 2.05) is 12.1 Å². The number of allylic oxidation sites excluding steroid dienone is 1. The molecular formula is C23H14ClFN2O2S. The van der Waals surface area contributed by atoms with Crippen molar-refractivity contribution in [1.29, 1.82) is 0 Å². The molecule has 30 heavy (non-hydrogen) atoms. The summed E-state index contributed by atoms with van der Waals surface area (Å²) in [5, 5.41) is -0.0714. The van der Waals surface area contributed by atoms with Gasteiger partial charge >= 0.3 is 0 Å².